The van der Waals surface area contributed by atoms with Crippen molar-refractivity contribution in [2.75, 3.05) is 7.05 Å². The fourth-order valence-corrected chi connectivity index (χ4v) is 3.79. The monoisotopic (exact) mass is 370 g/mol. The van der Waals surface area contributed by atoms with Crippen LogP contribution >= 0.6 is 11.8 Å². The normalized spacial score (nSPS) is 16.0. The van der Waals surface area contributed by atoms with E-state index in [1.165, 1.54) is 7.05 Å². The standard InChI is InChI=1S/C19H18N2O4S/c1-10-5-6-13(18(23)24)8-15(10)21-11(2)7-14(12(21)3)9-16-17(22)20(4)19(25)26-16/h5-9H,1-4H3,(H,23,24)/b16-9-. The van der Waals surface area contributed by atoms with Crippen LogP contribution in [0.1, 0.15) is 32.9 Å². The van der Waals surface area contributed by atoms with Gasteiger partial charge in [-0.25, -0.2) is 4.79 Å². The molecule has 0 aliphatic carbocycles. The predicted octanol–water partition coefficient (Wildman–Crippen LogP) is 3.77. The highest BCUT2D eigenvalue weighted by molar-refractivity contribution is 8.18. The van der Waals surface area contributed by atoms with E-state index in [1.807, 2.05) is 31.4 Å². The summed E-state index contributed by atoms with van der Waals surface area (Å²) in [6.07, 6.45) is 1.71. The minimum Gasteiger partial charge on any atom is -0.478 e. The first-order valence-electron chi connectivity index (χ1n) is 7.95. The third kappa shape index (κ3) is 2.94. The van der Waals surface area contributed by atoms with E-state index in [-0.39, 0.29) is 16.7 Å². The predicted molar refractivity (Wildman–Crippen MR) is 101 cm³/mol. The van der Waals surface area contributed by atoms with Gasteiger partial charge < -0.3 is 9.67 Å². The lowest BCUT2D eigenvalue weighted by Gasteiger charge is -2.13. The molecule has 1 fully saturated rings. The van der Waals surface area contributed by atoms with Gasteiger partial charge in [-0.1, -0.05) is 6.07 Å². The Bertz CT molecular complexity index is 988. The number of aromatic nitrogens is 1. The third-order valence-electron chi connectivity index (χ3n) is 4.44. The van der Waals surface area contributed by atoms with Crippen LogP contribution in [0.15, 0.2) is 29.2 Å². The molecule has 1 aliphatic rings. The molecule has 1 N–H and O–H groups in total. The average molecular weight is 370 g/mol. The highest BCUT2D eigenvalue weighted by Gasteiger charge is 2.32. The third-order valence-corrected chi connectivity index (χ3v) is 5.40. The van der Waals surface area contributed by atoms with Crippen molar-refractivity contribution in [3.63, 3.8) is 0 Å². The smallest absolute Gasteiger partial charge is 0.335 e. The van der Waals surface area contributed by atoms with Gasteiger partial charge in [0.05, 0.1) is 10.5 Å². The number of carboxylic acid groups (broad SMARTS) is 1. The molecule has 6 nitrogen and oxygen atoms in total. The molecule has 0 bridgehead atoms. The molecule has 2 amide bonds. The maximum atomic E-state index is 12.1. The lowest BCUT2D eigenvalue weighted by atomic mass is 10.1. The zero-order valence-electron chi connectivity index (χ0n) is 14.9. The Morgan fingerprint density at radius 2 is 1.85 bits per heavy atom. The van der Waals surface area contributed by atoms with Crippen molar-refractivity contribution in [2.24, 2.45) is 0 Å². The molecule has 26 heavy (non-hydrogen) atoms. The number of likely N-dealkylation sites (N-methyl/N-ethyl adjacent to an activating group) is 1. The lowest BCUT2D eigenvalue weighted by Crippen LogP contribution is -2.22. The summed E-state index contributed by atoms with van der Waals surface area (Å²) in [7, 11) is 1.46. The first-order valence-corrected chi connectivity index (χ1v) is 8.77. The number of nitrogens with zero attached hydrogens (tertiary/aromatic N) is 2. The van der Waals surface area contributed by atoms with Crippen molar-refractivity contribution in [2.45, 2.75) is 20.8 Å². The van der Waals surface area contributed by atoms with Crippen molar-refractivity contribution in [3.05, 3.63) is 57.2 Å². The van der Waals surface area contributed by atoms with Gasteiger partial charge in [0.1, 0.15) is 0 Å². The second-order valence-corrected chi connectivity index (χ2v) is 7.20. The molecule has 7 heteroatoms. The Labute approximate surface area is 155 Å². The van der Waals surface area contributed by atoms with Crippen LogP contribution < -0.4 is 0 Å². The molecular formula is C19H18N2O4S. The summed E-state index contributed by atoms with van der Waals surface area (Å²) in [5, 5.41) is 8.97. The van der Waals surface area contributed by atoms with Gasteiger partial charge in [-0.2, -0.15) is 0 Å². The van der Waals surface area contributed by atoms with E-state index in [0.717, 1.165) is 44.9 Å². The van der Waals surface area contributed by atoms with Crippen LogP contribution in [0.5, 0.6) is 0 Å². The van der Waals surface area contributed by atoms with E-state index in [9.17, 15) is 19.5 Å². The second-order valence-electron chi connectivity index (χ2n) is 6.21. The molecule has 0 atom stereocenters. The number of hydrogen-bond donors (Lipinski definition) is 1. The number of hydrogen-bond acceptors (Lipinski definition) is 4. The molecule has 1 aromatic carbocycles. The number of aryl methyl sites for hydroxylation is 2. The molecular weight excluding hydrogens is 352 g/mol. The van der Waals surface area contributed by atoms with Crippen molar-refractivity contribution >= 4 is 35.0 Å². The zero-order valence-corrected chi connectivity index (χ0v) is 15.7. The Morgan fingerprint density at radius 1 is 1.15 bits per heavy atom. The number of rotatable bonds is 3. The van der Waals surface area contributed by atoms with Gasteiger partial charge in [0.2, 0.25) is 0 Å². The summed E-state index contributed by atoms with van der Waals surface area (Å²) in [4.78, 5) is 36.6. The van der Waals surface area contributed by atoms with E-state index in [2.05, 4.69) is 0 Å². The van der Waals surface area contributed by atoms with Gasteiger partial charge in [-0.05, 0) is 67.9 Å². The summed E-state index contributed by atoms with van der Waals surface area (Å²) in [6, 6.07) is 6.92. The van der Waals surface area contributed by atoms with E-state index in [0.29, 0.717) is 4.91 Å². The maximum absolute atomic E-state index is 12.1. The summed E-state index contributed by atoms with van der Waals surface area (Å²) in [5.74, 6) is -1.29. The van der Waals surface area contributed by atoms with Crippen molar-refractivity contribution in [1.29, 1.82) is 0 Å². The molecule has 0 unspecified atom stereocenters. The molecule has 1 aliphatic heterocycles. The highest BCUT2D eigenvalue weighted by atomic mass is 32.2. The largest absolute Gasteiger partial charge is 0.478 e. The minimum absolute atomic E-state index is 0.215. The Morgan fingerprint density at radius 3 is 2.42 bits per heavy atom. The second kappa shape index (κ2) is 6.49. The first-order chi connectivity index (χ1) is 12.2. The van der Waals surface area contributed by atoms with Crippen LogP contribution in [0.4, 0.5) is 4.79 Å². The van der Waals surface area contributed by atoms with E-state index in [4.69, 9.17) is 0 Å². The van der Waals surface area contributed by atoms with Crippen LogP contribution in [0.25, 0.3) is 11.8 Å². The topological polar surface area (TPSA) is 79.6 Å². The fraction of sp³-hybridized carbons (Fsp3) is 0.211. The van der Waals surface area contributed by atoms with Crippen LogP contribution in [0, 0.1) is 20.8 Å². The van der Waals surface area contributed by atoms with Crippen LogP contribution in [0.3, 0.4) is 0 Å². The number of aromatic carboxylic acids is 1. The summed E-state index contributed by atoms with van der Waals surface area (Å²) >= 11 is 0.917. The quantitative estimate of drug-likeness (QED) is 0.832. The van der Waals surface area contributed by atoms with Crippen molar-refractivity contribution in [1.82, 2.24) is 9.47 Å². The summed E-state index contributed by atoms with van der Waals surface area (Å²) in [6.45, 7) is 5.74. The number of benzene rings is 1. The Hall–Kier alpha value is -2.80. The molecule has 2 heterocycles. The number of amides is 2. The Kier molecular flexibility index (Phi) is 4.50. The first kappa shape index (κ1) is 18.0. The van der Waals surface area contributed by atoms with Gasteiger partial charge in [0, 0.05) is 24.1 Å². The highest BCUT2D eigenvalue weighted by Crippen LogP contribution is 2.33. The number of carbonyl (C=O) groups is 3. The van der Waals surface area contributed by atoms with Crippen LogP contribution in [-0.2, 0) is 4.79 Å². The molecule has 0 saturated carbocycles. The molecule has 0 spiro atoms. The minimum atomic E-state index is -0.981. The van der Waals surface area contributed by atoms with Gasteiger partial charge in [0.25, 0.3) is 11.1 Å². The number of imide groups is 1. The van der Waals surface area contributed by atoms with E-state index < -0.39 is 5.97 Å². The summed E-state index contributed by atoms with van der Waals surface area (Å²) in [5.41, 5.74) is 4.54. The van der Waals surface area contributed by atoms with Gasteiger partial charge in [-0.15, -0.1) is 0 Å². The number of carbonyl (C=O) groups excluding carboxylic acids is 2. The van der Waals surface area contributed by atoms with Crippen LogP contribution in [-0.4, -0.2) is 38.7 Å². The molecule has 3 rings (SSSR count). The molecule has 1 saturated heterocycles. The van der Waals surface area contributed by atoms with E-state index >= 15 is 0 Å². The molecule has 0 radical (unpaired) electrons. The number of carboxylic acids is 1. The van der Waals surface area contributed by atoms with Gasteiger partial charge in [-0.3, -0.25) is 14.5 Å². The van der Waals surface area contributed by atoms with Crippen LogP contribution in [0.2, 0.25) is 0 Å². The average Bonchev–Trinajstić information content (AvgIpc) is 2.99. The Balaban J connectivity index is 2.11. The number of thioether (sulfide) groups is 1. The van der Waals surface area contributed by atoms with Crippen molar-refractivity contribution in [3.8, 4) is 5.69 Å². The summed E-state index contributed by atoms with van der Waals surface area (Å²) < 4.78 is 1.96. The van der Waals surface area contributed by atoms with Crippen molar-refractivity contribution < 1.29 is 19.5 Å². The maximum Gasteiger partial charge on any atom is 0.335 e. The lowest BCUT2D eigenvalue weighted by molar-refractivity contribution is -0.121. The van der Waals surface area contributed by atoms with Gasteiger partial charge in [0.15, 0.2) is 0 Å². The SMILES string of the molecule is Cc1ccc(C(=O)O)cc1-n1c(C)cc(/C=C2\SC(=O)N(C)C2=O)c1C. The molecule has 2 aromatic rings. The zero-order chi connectivity index (χ0) is 19.2. The fourth-order valence-electron chi connectivity index (χ4n) is 2.97. The molecule has 1 aromatic heterocycles. The van der Waals surface area contributed by atoms with E-state index in [1.54, 1.807) is 24.3 Å². The van der Waals surface area contributed by atoms with Gasteiger partial charge >= 0.3 is 5.97 Å². The molecule has 134 valence electrons.